The van der Waals surface area contributed by atoms with Crippen LogP contribution in [-0.2, 0) is 24.0 Å². The van der Waals surface area contributed by atoms with E-state index in [0.717, 1.165) is 5.56 Å². The second kappa shape index (κ2) is 11.8. The summed E-state index contributed by atoms with van der Waals surface area (Å²) in [5, 5.41) is 7.93. The zero-order valence-electron chi connectivity index (χ0n) is 18.6. The van der Waals surface area contributed by atoms with Crippen molar-refractivity contribution in [3.05, 3.63) is 42.0 Å². The molecule has 2 atom stereocenters. The Bertz CT molecular complexity index is 876. The summed E-state index contributed by atoms with van der Waals surface area (Å²) in [6.45, 7) is 5.39. The lowest BCUT2D eigenvalue weighted by molar-refractivity contribution is -0.137. The number of unbranched alkanes of at least 4 members (excludes halogenated alkanes) is 2. The van der Waals surface area contributed by atoms with Crippen molar-refractivity contribution in [3.8, 4) is 0 Å². The molecule has 1 aliphatic rings. The summed E-state index contributed by atoms with van der Waals surface area (Å²) < 4.78 is 0. The molecule has 1 aromatic carbocycles. The molecule has 0 saturated heterocycles. The number of hydrogen-bond donors (Lipinski definition) is 3. The van der Waals surface area contributed by atoms with Gasteiger partial charge >= 0.3 is 0 Å². The molecule has 5 amide bonds. The van der Waals surface area contributed by atoms with Crippen molar-refractivity contribution < 1.29 is 24.0 Å². The summed E-state index contributed by atoms with van der Waals surface area (Å²) >= 11 is 0. The summed E-state index contributed by atoms with van der Waals surface area (Å²) in [5.74, 6) is -1.71. The number of rotatable bonds is 11. The van der Waals surface area contributed by atoms with Gasteiger partial charge in [0.15, 0.2) is 0 Å². The average molecular weight is 443 g/mol. The highest BCUT2D eigenvalue weighted by Gasteiger charge is 2.23. The van der Waals surface area contributed by atoms with Crippen molar-refractivity contribution in [1.29, 1.82) is 0 Å². The molecular weight excluding hydrogens is 412 g/mol. The van der Waals surface area contributed by atoms with Crippen LogP contribution in [0.5, 0.6) is 0 Å². The molecule has 0 spiro atoms. The Balaban J connectivity index is 1.63. The third-order valence-electron chi connectivity index (χ3n) is 5.03. The smallest absolute Gasteiger partial charge is 0.253 e. The predicted octanol–water partition coefficient (Wildman–Crippen LogP) is 1.43. The molecule has 0 saturated carbocycles. The predicted molar refractivity (Wildman–Crippen MR) is 119 cm³/mol. The third-order valence-corrected chi connectivity index (χ3v) is 5.03. The largest absolute Gasteiger partial charge is 0.345 e. The van der Waals surface area contributed by atoms with E-state index in [-0.39, 0.29) is 30.0 Å². The van der Waals surface area contributed by atoms with Gasteiger partial charge in [0.2, 0.25) is 17.7 Å². The summed E-state index contributed by atoms with van der Waals surface area (Å²) in [5.41, 5.74) is 1.71. The van der Waals surface area contributed by atoms with Crippen LogP contribution in [0.1, 0.15) is 45.1 Å². The molecule has 0 unspecified atom stereocenters. The SMILES string of the molecule is Cc1ccc(NC(=O)[C@H](C)NC(=O)[C@H](C)NC(=O)CCCCCN2C(=O)C=CC2=O)cc1. The Morgan fingerprint density at radius 3 is 2.06 bits per heavy atom. The van der Waals surface area contributed by atoms with Crippen LogP contribution in [0, 0.1) is 6.92 Å². The topological polar surface area (TPSA) is 125 Å². The fourth-order valence-electron chi connectivity index (χ4n) is 3.05. The van der Waals surface area contributed by atoms with Crippen LogP contribution in [-0.4, -0.2) is 53.1 Å². The van der Waals surface area contributed by atoms with Gasteiger partial charge < -0.3 is 16.0 Å². The van der Waals surface area contributed by atoms with Crippen molar-refractivity contribution in [2.24, 2.45) is 0 Å². The van der Waals surface area contributed by atoms with Crippen LogP contribution in [0.3, 0.4) is 0 Å². The van der Waals surface area contributed by atoms with E-state index in [0.29, 0.717) is 31.5 Å². The zero-order valence-corrected chi connectivity index (χ0v) is 18.6. The molecule has 9 heteroatoms. The van der Waals surface area contributed by atoms with E-state index >= 15 is 0 Å². The van der Waals surface area contributed by atoms with E-state index in [1.165, 1.54) is 17.1 Å². The zero-order chi connectivity index (χ0) is 23.7. The van der Waals surface area contributed by atoms with Gasteiger partial charge in [-0.1, -0.05) is 24.1 Å². The summed E-state index contributed by atoms with van der Waals surface area (Å²) in [4.78, 5) is 60.7. The van der Waals surface area contributed by atoms with Gasteiger partial charge in [-0.25, -0.2) is 0 Å². The highest BCUT2D eigenvalue weighted by Crippen LogP contribution is 2.09. The van der Waals surface area contributed by atoms with Crippen LogP contribution in [0.15, 0.2) is 36.4 Å². The quantitative estimate of drug-likeness (QED) is 0.353. The van der Waals surface area contributed by atoms with Crippen LogP contribution >= 0.6 is 0 Å². The molecule has 3 N–H and O–H groups in total. The fraction of sp³-hybridized carbons (Fsp3) is 0.435. The van der Waals surface area contributed by atoms with E-state index in [9.17, 15) is 24.0 Å². The first-order valence-corrected chi connectivity index (χ1v) is 10.7. The maximum absolute atomic E-state index is 12.3. The van der Waals surface area contributed by atoms with E-state index in [2.05, 4.69) is 16.0 Å². The molecule has 0 aliphatic carbocycles. The summed E-state index contributed by atoms with van der Waals surface area (Å²) in [6.07, 6.45) is 4.56. The first-order chi connectivity index (χ1) is 15.2. The van der Waals surface area contributed by atoms with Crippen LogP contribution in [0.2, 0.25) is 0 Å². The molecule has 172 valence electrons. The van der Waals surface area contributed by atoms with Gasteiger partial charge in [-0.3, -0.25) is 28.9 Å². The van der Waals surface area contributed by atoms with Crippen molar-refractivity contribution in [1.82, 2.24) is 15.5 Å². The number of nitrogens with one attached hydrogen (secondary N) is 3. The highest BCUT2D eigenvalue weighted by atomic mass is 16.2. The van der Waals surface area contributed by atoms with Crippen LogP contribution in [0.25, 0.3) is 0 Å². The van der Waals surface area contributed by atoms with E-state index in [1.54, 1.807) is 26.0 Å². The van der Waals surface area contributed by atoms with Gasteiger partial charge in [0.05, 0.1) is 0 Å². The number of carbonyl (C=O) groups excluding carboxylic acids is 5. The second-order valence-electron chi connectivity index (χ2n) is 7.85. The molecule has 1 heterocycles. The van der Waals surface area contributed by atoms with Gasteiger partial charge in [-0.15, -0.1) is 0 Å². The Kier molecular flexibility index (Phi) is 9.12. The number of hydrogen-bond acceptors (Lipinski definition) is 5. The van der Waals surface area contributed by atoms with E-state index in [4.69, 9.17) is 0 Å². The lowest BCUT2D eigenvalue weighted by Crippen LogP contribution is -2.50. The molecule has 2 rings (SSSR count). The molecule has 9 nitrogen and oxygen atoms in total. The maximum Gasteiger partial charge on any atom is 0.253 e. The molecule has 0 bridgehead atoms. The highest BCUT2D eigenvalue weighted by molar-refractivity contribution is 6.12. The van der Waals surface area contributed by atoms with Crippen molar-refractivity contribution >= 4 is 35.2 Å². The van der Waals surface area contributed by atoms with E-state index < -0.39 is 18.0 Å². The minimum atomic E-state index is -0.789. The second-order valence-corrected chi connectivity index (χ2v) is 7.85. The number of aryl methyl sites for hydroxylation is 1. The van der Waals surface area contributed by atoms with E-state index in [1.807, 2.05) is 19.1 Å². The minimum absolute atomic E-state index is 0.223. The van der Waals surface area contributed by atoms with Crippen molar-refractivity contribution in [2.75, 3.05) is 11.9 Å². The lowest BCUT2D eigenvalue weighted by atomic mass is 10.1. The lowest BCUT2D eigenvalue weighted by Gasteiger charge is -2.18. The number of anilines is 1. The van der Waals surface area contributed by atoms with Crippen molar-refractivity contribution in [3.63, 3.8) is 0 Å². The van der Waals surface area contributed by atoms with Crippen LogP contribution < -0.4 is 16.0 Å². The maximum atomic E-state index is 12.3. The third kappa shape index (κ3) is 7.64. The van der Waals surface area contributed by atoms with Gasteiger partial charge in [0.1, 0.15) is 12.1 Å². The molecule has 1 aromatic rings. The Morgan fingerprint density at radius 1 is 0.844 bits per heavy atom. The number of nitrogens with zero attached hydrogens (tertiary/aromatic N) is 1. The molecular formula is C23H30N4O5. The minimum Gasteiger partial charge on any atom is -0.345 e. The number of imide groups is 1. The average Bonchev–Trinajstić information content (AvgIpc) is 3.06. The Hall–Kier alpha value is -3.49. The van der Waals surface area contributed by atoms with Gasteiger partial charge in [0.25, 0.3) is 11.8 Å². The van der Waals surface area contributed by atoms with Crippen LogP contribution in [0.4, 0.5) is 5.69 Å². The first-order valence-electron chi connectivity index (χ1n) is 10.7. The monoisotopic (exact) mass is 442 g/mol. The molecule has 32 heavy (non-hydrogen) atoms. The van der Waals surface area contributed by atoms with Gasteiger partial charge in [-0.05, 0) is 45.7 Å². The van der Waals surface area contributed by atoms with Gasteiger partial charge in [-0.2, -0.15) is 0 Å². The first kappa shape index (κ1) is 24.8. The molecule has 0 radical (unpaired) electrons. The number of amides is 5. The molecule has 0 aromatic heterocycles. The Morgan fingerprint density at radius 2 is 1.44 bits per heavy atom. The fourth-order valence-corrected chi connectivity index (χ4v) is 3.05. The number of carbonyl (C=O) groups is 5. The number of benzene rings is 1. The summed E-state index contributed by atoms with van der Waals surface area (Å²) in [7, 11) is 0. The Labute approximate surface area is 187 Å². The normalized spacial score (nSPS) is 14.8. The summed E-state index contributed by atoms with van der Waals surface area (Å²) in [6, 6.07) is 5.75. The standard InChI is InChI=1S/C23H30N4O5/c1-15-8-10-18(11-9-15)26-23(32)17(3)25-22(31)16(2)24-19(28)7-5-4-6-14-27-20(29)12-13-21(27)30/h8-13,16-17H,4-7,14H2,1-3H3,(H,24,28)(H,25,31)(H,26,32)/t16-,17-/m0/s1. The molecule has 0 fully saturated rings. The molecule has 1 aliphatic heterocycles. The van der Waals surface area contributed by atoms with Gasteiger partial charge in [0, 0.05) is 30.8 Å². The van der Waals surface area contributed by atoms with Crippen molar-refractivity contribution in [2.45, 2.75) is 58.5 Å².